The monoisotopic (exact) mass is 885 g/mol. The average molecular weight is 885 g/mol. The number of hydrogen-bond acceptors (Lipinski definition) is 9. The Kier molecular flexibility index (Phi) is 44.8. The first-order valence-corrected chi connectivity index (χ1v) is 26.4. The maximum atomic E-state index is 12.4. The normalized spacial score (nSPS) is 14.0. The van der Waals surface area contributed by atoms with Crippen molar-refractivity contribution in [1.29, 1.82) is 0 Å². The molecule has 0 aliphatic heterocycles. The molecule has 0 aliphatic carbocycles. The van der Waals surface area contributed by atoms with Crippen LogP contribution >= 0.6 is 7.82 Å². The molecule has 0 bridgehead atoms. The van der Waals surface area contributed by atoms with E-state index in [0.717, 1.165) is 70.6 Å². The van der Waals surface area contributed by atoms with Crippen molar-refractivity contribution in [3.05, 3.63) is 36.5 Å². The minimum absolute atomic E-state index is 0.173. The number of carbonyl (C=O) groups is 2. The van der Waals surface area contributed by atoms with Crippen LogP contribution in [0.2, 0.25) is 0 Å². The molecule has 0 fully saturated rings. The smallest absolute Gasteiger partial charge is 0.457 e. The van der Waals surface area contributed by atoms with Crippen molar-refractivity contribution in [2.24, 2.45) is 0 Å². The number of aliphatic hydroxyl groups excluding tert-OH is 2. The van der Waals surface area contributed by atoms with Crippen molar-refractivity contribution in [1.82, 2.24) is 0 Å². The molecule has 0 rings (SSSR count). The fraction of sp³-hybridized carbons (Fsp3) is 0.840. The van der Waals surface area contributed by atoms with Gasteiger partial charge < -0.3 is 24.6 Å². The summed E-state index contributed by atoms with van der Waals surface area (Å²) in [6.07, 6.45) is 49.9. The minimum Gasteiger partial charge on any atom is -0.457 e. The van der Waals surface area contributed by atoms with Gasteiger partial charge in [-0.3, -0.25) is 18.6 Å². The molecular weight excluding hydrogens is 792 g/mol. The first kappa shape index (κ1) is 59.2. The van der Waals surface area contributed by atoms with Crippen LogP contribution in [-0.2, 0) is 32.7 Å². The summed E-state index contributed by atoms with van der Waals surface area (Å²) in [7, 11) is -4.64. The molecule has 10 nitrogen and oxygen atoms in total. The van der Waals surface area contributed by atoms with Crippen LogP contribution in [0.1, 0.15) is 232 Å². The fourth-order valence-electron chi connectivity index (χ4n) is 7.07. The lowest BCUT2D eigenvalue weighted by atomic mass is 10.0. The summed E-state index contributed by atoms with van der Waals surface area (Å²) in [6, 6.07) is 0. The van der Waals surface area contributed by atoms with E-state index in [1.807, 2.05) is 0 Å². The van der Waals surface area contributed by atoms with E-state index in [0.29, 0.717) is 12.8 Å². The summed E-state index contributed by atoms with van der Waals surface area (Å²) in [5.74, 6) is -1.03. The molecule has 3 unspecified atom stereocenters. The second-order valence-corrected chi connectivity index (χ2v) is 18.2. The highest BCUT2D eigenvalue weighted by Gasteiger charge is 2.27. The van der Waals surface area contributed by atoms with Crippen LogP contribution in [0.3, 0.4) is 0 Å². The molecule has 0 spiro atoms. The number of unbranched alkanes of at least 4 members (excludes halogenated alkanes) is 27. The number of allylic oxidation sites excluding steroid dienone is 6. The van der Waals surface area contributed by atoms with Gasteiger partial charge in [-0.1, -0.05) is 211 Å². The molecule has 0 aromatic heterocycles. The third kappa shape index (κ3) is 44.6. The zero-order valence-electron chi connectivity index (χ0n) is 39.1. The first-order chi connectivity index (χ1) is 29.8. The van der Waals surface area contributed by atoms with Crippen molar-refractivity contribution < 1.29 is 47.8 Å². The van der Waals surface area contributed by atoms with E-state index >= 15 is 0 Å². The lowest BCUT2D eigenvalue weighted by molar-refractivity contribution is -0.153. The number of carbonyl (C=O) groups excluding carboxylic acids is 2. The molecule has 3 N–H and O–H groups in total. The van der Waals surface area contributed by atoms with Crippen LogP contribution in [-0.4, -0.2) is 65.7 Å². The van der Waals surface area contributed by atoms with Crippen LogP contribution in [0.15, 0.2) is 36.5 Å². The minimum atomic E-state index is -4.64. The van der Waals surface area contributed by atoms with Gasteiger partial charge in [0.25, 0.3) is 0 Å². The van der Waals surface area contributed by atoms with Gasteiger partial charge in [0.05, 0.1) is 26.4 Å². The van der Waals surface area contributed by atoms with Gasteiger partial charge in [0.1, 0.15) is 12.2 Å². The van der Waals surface area contributed by atoms with Crippen molar-refractivity contribution in [3.63, 3.8) is 0 Å². The maximum Gasteiger partial charge on any atom is 0.472 e. The average Bonchev–Trinajstić information content (AvgIpc) is 3.25. The van der Waals surface area contributed by atoms with Crippen molar-refractivity contribution in [2.75, 3.05) is 26.4 Å². The predicted octanol–water partition coefficient (Wildman–Crippen LogP) is 13.9. The molecule has 0 heterocycles. The number of phosphoric ester groups is 1. The topological polar surface area (TPSA) is 149 Å². The Labute approximate surface area is 373 Å². The molecule has 11 heteroatoms. The highest BCUT2D eigenvalue weighted by molar-refractivity contribution is 7.47. The summed E-state index contributed by atoms with van der Waals surface area (Å²) in [5.41, 5.74) is 0. The van der Waals surface area contributed by atoms with E-state index in [2.05, 4.69) is 50.3 Å². The zero-order valence-corrected chi connectivity index (χ0v) is 40.0. The molecule has 0 amide bonds. The van der Waals surface area contributed by atoms with E-state index in [9.17, 15) is 29.3 Å². The summed E-state index contributed by atoms with van der Waals surface area (Å²) in [5, 5.41) is 19.2. The SMILES string of the molecule is CC/C=C\C/C=C\C/C=C\CCCCCCCC(=O)OC(CO)COP(=O)(O)OCC(CO)OC(=O)CCCCCCCCCCCCCCCCCCCCCCCCC. The van der Waals surface area contributed by atoms with E-state index in [4.69, 9.17) is 18.5 Å². The summed E-state index contributed by atoms with van der Waals surface area (Å²) < 4.78 is 32.7. The molecule has 0 aromatic carbocycles. The van der Waals surface area contributed by atoms with E-state index in [1.54, 1.807) is 0 Å². The van der Waals surface area contributed by atoms with Crippen molar-refractivity contribution >= 4 is 19.8 Å². The summed E-state index contributed by atoms with van der Waals surface area (Å²) in [4.78, 5) is 34.6. The Balaban J connectivity index is 3.81. The summed E-state index contributed by atoms with van der Waals surface area (Å²) in [6.45, 7) is 2.11. The maximum absolute atomic E-state index is 12.4. The van der Waals surface area contributed by atoms with E-state index in [1.165, 1.54) is 122 Å². The van der Waals surface area contributed by atoms with Gasteiger partial charge in [-0.05, 0) is 44.9 Å². The quantitative estimate of drug-likeness (QED) is 0.0233. The fourth-order valence-corrected chi connectivity index (χ4v) is 7.86. The highest BCUT2D eigenvalue weighted by atomic mass is 31.2. The Morgan fingerprint density at radius 3 is 1.11 bits per heavy atom. The van der Waals surface area contributed by atoms with Gasteiger partial charge in [-0.15, -0.1) is 0 Å². The van der Waals surface area contributed by atoms with Crippen LogP contribution in [0.25, 0.3) is 0 Å². The van der Waals surface area contributed by atoms with Gasteiger partial charge in [-0.25, -0.2) is 4.57 Å². The highest BCUT2D eigenvalue weighted by Crippen LogP contribution is 2.43. The number of rotatable bonds is 47. The molecule has 61 heavy (non-hydrogen) atoms. The van der Waals surface area contributed by atoms with Crippen LogP contribution in [0.5, 0.6) is 0 Å². The third-order valence-electron chi connectivity index (χ3n) is 10.9. The van der Waals surface area contributed by atoms with Crippen molar-refractivity contribution in [2.45, 2.75) is 244 Å². The molecule has 0 saturated carbocycles. The lowest BCUT2D eigenvalue weighted by Gasteiger charge is -2.20. The van der Waals surface area contributed by atoms with Gasteiger partial charge in [0, 0.05) is 12.8 Å². The van der Waals surface area contributed by atoms with Gasteiger partial charge in [0.2, 0.25) is 0 Å². The molecule has 0 saturated heterocycles. The van der Waals surface area contributed by atoms with Gasteiger partial charge in [-0.2, -0.15) is 0 Å². The van der Waals surface area contributed by atoms with Crippen LogP contribution in [0, 0.1) is 0 Å². The second-order valence-electron chi connectivity index (χ2n) is 16.8. The molecular formula is C50H93O10P. The van der Waals surface area contributed by atoms with Gasteiger partial charge in [0.15, 0.2) is 0 Å². The molecule has 0 aromatic rings. The Morgan fingerprint density at radius 2 is 0.770 bits per heavy atom. The van der Waals surface area contributed by atoms with Crippen LogP contribution in [0.4, 0.5) is 0 Å². The molecule has 3 atom stereocenters. The standard InChI is InChI=1S/C50H93O10P/c1-3-5-7-9-11-13-15-17-19-20-21-22-23-24-25-26-28-30-32-34-36-38-40-42-50(54)60-48(44-52)46-58-61(55,56)57-45-47(43-51)59-49(53)41-39-37-35-33-31-29-27-18-16-14-12-10-8-6-4-2/h6,8,12,14,18,27,47-48,51-52H,3-5,7,9-11,13,15-17,19-26,28-46H2,1-2H3,(H,55,56)/b8-6-,14-12-,27-18-. The largest absolute Gasteiger partial charge is 0.472 e. The van der Waals surface area contributed by atoms with Crippen LogP contribution < -0.4 is 0 Å². The molecule has 0 aliphatic rings. The Hall–Kier alpha value is -1.81. The van der Waals surface area contributed by atoms with E-state index in [-0.39, 0.29) is 12.8 Å². The Morgan fingerprint density at radius 1 is 0.459 bits per heavy atom. The van der Waals surface area contributed by atoms with Crippen molar-refractivity contribution in [3.8, 4) is 0 Å². The molecule has 358 valence electrons. The zero-order chi connectivity index (χ0) is 44.8. The van der Waals surface area contributed by atoms with E-state index < -0.39 is 58.4 Å². The molecule has 0 radical (unpaired) electrons. The number of esters is 2. The number of hydrogen-bond donors (Lipinski definition) is 3. The number of aliphatic hydroxyl groups is 2. The summed E-state index contributed by atoms with van der Waals surface area (Å²) >= 11 is 0. The van der Waals surface area contributed by atoms with Gasteiger partial charge >= 0.3 is 19.8 Å². The number of phosphoric acid groups is 1. The lowest BCUT2D eigenvalue weighted by Crippen LogP contribution is -2.28. The number of ether oxygens (including phenoxy) is 2. The predicted molar refractivity (Wildman–Crippen MR) is 251 cm³/mol. The Bertz CT molecular complexity index is 1110. The third-order valence-corrected chi connectivity index (χ3v) is 11.8. The first-order valence-electron chi connectivity index (χ1n) is 24.9. The second kappa shape index (κ2) is 46.2.